The number of hydrogen-bond acceptors (Lipinski definition) is 3. The molecule has 0 radical (unpaired) electrons. The van der Waals surface area contributed by atoms with Gasteiger partial charge in [0.05, 0.1) is 12.1 Å². The van der Waals surface area contributed by atoms with Crippen molar-refractivity contribution in [3.05, 3.63) is 54.1 Å². The Morgan fingerprint density at radius 3 is 2.67 bits per heavy atom. The molecule has 0 unspecified atom stereocenters. The van der Waals surface area contributed by atoms with Gasteiger partial charge in [0.2, 0.25) is 5.91 Å². The first kappa shape index (κ1) is 16.1. The summed E-state index contributed by atoms with van der Waals surface area (Å²) in [6, 6.07) is 14.9. The molecule has 2 N–H and O–H groups in total. The monoisotopic (exact) mass is 324 g/mol. The molecule has 2 aromatic carbocycles. The van der Waals surface area contributed by atoms with Gasteiger partial charge in [0.1, 0.15) is 5.75 Å². The van der Waals surface area contributed by atoms with Crippen LogP contribution in [0.15, 0.2) is 48.5 Å². The summed E-state index contributed by atoms with van der Waals surface area (Å²) >= 11 is 0. The first-order chi connectivity index (χ1) is 11.7. The summed E-state index contributed by atoms with van der Waals surface area (Å²) in [6.07, 6.45) is 1.25. The number of anilines is 2. The van der Waals surface area contributed by atoms with E-state index in [-0.39, 0.29) is 18.2 Å². The SMILES string of the molecule is CCCc1ccc(NC(=O)C[C@@H]2Oc3ccccc3NC2=O)cc1. The van der Waals surface area contributed by atoms with Gasteiger partial charge < -0.3 is 15.4 Å². The van der Waals surface area contributed by atoms with Crippen molar-refractivity contribution in [2.75, 3.05) is 10.6 Å². The normalized spacial score (nSPS) is 15.9. The van der Waals surface area contributed by atoms with E-state index in [1.165, 1.54) is 5.56 Å². The van der Waals surface area contributed by atoms with E-state index in [2.05, 4.69) is 17.6 Å². The van der Waals surface area contributed by atoms with Gasteiger partial charge in [-0.05, 0) is 36.2 Å². The van der Waals surface area contributed by atoms with Crippen LogP contribution < -0.4 is 15.4 Å². The molecule has 24 heavy (non-hydrogen) atoms. The summed E-state index contributed by atoms with van der Waals surface area (Å²) in [5.74, 6) is 0.0266. The van der Waals surface area contributed by atoms with E-state index in [9.17, 15) is 9.59 Å². The molecule has 1 atom stereocenters. The summed E-state index contributed by atoms with van der Waals surface area (Å²) in [5, 5.41) is 5.56. The number of carbonyl (C=O) groups excluding carboxylic acids is 2. The van der Waals surface area contributed by atoms with Crippen molar-refractivity contribution in [3.63, 3.8) is 0 Å². The highest BCUT2D eigenvalue weighted by molar-refractivity contribution is 6.01. The molecule has 0 aromatic heterocycles. The molecule has 0 saturated carbocycles. The number of carbonyl (C=O) groups is 2. The van der Waals surface area contributed by atoms with E-state index >= 15 is 0 Å². The van der Waals surface area contributed by atoms with Crippen molar-refractivity contribution in [2.24, 2.45) is 0 Å². The second-order valence-corrected chi connectivity index (χ2v) is 5.79. The number of hydrogen-bond donors (Lipinski definition) is 2. The molecule has 5 heteroatoms. The second kappa shape index (κ2) is 7.17. The quantitative estimate of drug-likeness (QED) is 0.886. The van der Waals surface area contributed by atoms with Crippen LogP contribution in [0.5, 0.6) is 5.75 Å². The van der Waals surface area contributed by atoms with Crippen LogP contribution in [0.4, 0.5) is 11.4 Å². The third-order valence-corrected chi connectivity index (χ3v) is 3.85. The molecule has 1 aliphatic heterocycles. The predicted octanol–water partition coefficient (Wildman–Crippen LogP) is 3.37. The number of amides is 2. The number of fused-ring (bicyclic) bond motifs is 1. The predicted molar refractivity (Wildman–Crippen MR) is 93.2 cm³/mol. The Balaban J connectivity index is 1.60. The highest BCUT2D eigenvalue weighted by Gasteiger charge is 2.29. The second-order valence-electron chi connectivity index (χ2n) is 5.79. The van der Waals surface area contributed by atoms with Gasteiger partial charge in [-0.25, -0.2) is 0 Å². The maximum absolute atomic E-state index is 12.2. The topological polar surface area (TPSA) is 67.4 Å². The third-order valence-electron chi connectivity index (χ3n) is 3.85. The smallest absolute Gasteiger partial charge is 0.266 e. The number of para-hydroxylation sites is 2. The highest BCUT2D eigenvalue weighted by atomic mass is 16.5. The molecule has 3 rings (SSSR count). The maximum atomic E-state index is 12.2. The molecular formula is C19H20N2O3. The highest BCUT2D eigenvalue weighted by Crippen LogP contribution is 2.29. The number of rotatable bonds is 5. The first-order valence-electron chi connectivity index (χ1n) is 8.11. The molecule has 5 nitrogen and oxygen atoms in total. The van der Waals surface area contributed by atoms with E-state index in [4.69, 9.17) is 4.74 Å². The van der Waals surface area contributed by atoms with Gasteiger partial charge in [0.15, 0.2) is 6.10 Å². The van der Waals surface area contributed by atoms with Gasteiger partial charge in [-0.1, -0.05) is 37.6 Å². The lowest BCUT2D eigenvalue weighted by molar-refractivity contribution is -0.128. The molecule has 0 spiro atoms. The molecule has 2 amide bonds. The average Bonchev–Trinajstić information content (AvgIpc) is 2.57. The third kappa shape index (κ3) is 3.74. The zero-order valence-corrected chi connectivity index (χ0v) is 13.5. The van der Waals surface area contributed by atoms with Crippen molar-refractivity contribution in [3.8, 4) is 5.75 Å². The van der Waals surface area contributed by atoms with Gasteiger partial charge in [-0.3, -0.25) is 9.59 Å². The summed E-state index contributed by atoms with van der Waals surface area (Å²) in [4.78, 5) is 24.2. The average molecular weight is 324 g/mol. The lowest BCUT2D eigenvalue weighted by Crippen LogP contribution is -2.39. The molecule has 124 valence electrons. The molecule has 0 fully saturated rings. The molecule has 1 aliphatic rings. The Morgan fingerprint density at radius 2 is 1.92 bits per heavy atom. The van der Waals surface area contributed by atoms with Crippen LogP contribution in [0.2, 0.25) is 0 Å². The van der Waals surface area contributed by atoms with E-state index in [0.29, 0.717) is 11.4 Å². The number of benzene rings is 2. The van der Waals surface area contributed by atoms with Gasteiger partial charge in [-0.2, -0.15) is 0 Å². The Kier molecular flexibility index (Phi) is 4.79. The molecule has 2 aromatic rings. The lowest BCUT2D eigenvalue weighted by atomic mass is 10.1. The van der Waals surface area contributed by atoms with Crippen molar-refractivity contribution >= 4 is 23.2 Å². The molecule has 0 aliphatic carbocycles. The van der Waals surface area contributed by atoms with E-state index < -0.39 is 6.10 Å². The zero-order chi connectivity index (χ0) is 16.9. The number of nitrogens with one attached hydrogen (secondary N) is 2. The van der Waals surface area contributed by atoms with Crippen LogP contribution in [0.3, 0.4) is 0 Å². The van der Waals surface area contributed by atoms with Crippen molar-refractivity contribution in [2.45, 2.75) is 32.3 Å². The fourth-order valence-corrected chi connectivity index (χ4v) is 2.65. The fraction of sp³-hybridized carbons (Fsp3) is 0.263. The van der Waals surface area contributed by atoms with Crippen molar-refractivity contribution in [1.29, 1.82) is 0 Å². The zero-order valence-electron chi connectivity index (χ0n) is 13.5. The van der Waals surface area contributed by atoms with Crippen molar-refractivity contribution in [1.82, 2.24) is 0 Å². The summed E-state index contributed by atoms with van der Waals surface area (Å²) in [7, 11) is 0. The minimum absolute atomic E-state index is 0.0309. The van der Waals surface area contributed by atoms with Gasteiger partial charge in [-0.15, -0.1) is 0 Å². The van der Waals surface area contributed by atoms with E-state index in [1.54, 1.807) is 12.1 Å². The van der Waals surface area contributed by atoms with Gasteiger partial charge in [0, 0.05) is 5.69 Å². The fourth-order valence-electron chi connectivity index (χ4n) is 2.65. The van der Waals surface area contributed by atoms with Crippen LogP contribution in [-0.4, -0.2) is 17.9 Å². The Morgan fingerprint density at radius 1 is 1.17 bits per heavy atom. The summed E-state index contributed by atoms with van der Waals surface area (Å²) in [6.45, 7) is 2.13. The standard InChI is InChI=1S/C19H20N2O3/c1-2-5-13-8-10-14(11-9-13)20-18(22)12-17-19(23)21-15-6-3-4-7-16(15)24-17/h3-4,6-11,17H,2,5,12H2,1H3,(H,20,22)(H,21,23)/t17-/m0/s1. The summed E-state index contributed by atoms with van der Waals surface area (Å²) < 4.78 is 5.63. The Bertz CT molecular complexity index is 741. The number of ether oxygens (including phenoxy) is 1. The van der Waals surface area contributed by atoms with Gasteiger partial charge in [0.25, 0.3) is 5.91 Å². The lowest BCUT2D eigenvalue weighted by Gasteiger charge is -2.25. The molecule has 1 heterocycles. The Hall–Kier alpha value is -2.82. The van der Waals surface area contributed by atoms with Crippen LogP contribution in [0, 0.1) is 0 Å². The van der Waals surface area contributed by atoms with Crippen molar-refractivity contribution < 1.29 is 14.3 Å². The van der Waals surface area contributed by atoms with Gasteiger partial charge >= 0.3 is 0 Å². The van der Waals surface area contributed by atoms with E-state index in [0.717, 1.165) is 18.5 Å². The summed E-state index contributed by atoms with van der Waals surface area (Å²) in [5.41, 5.74) is 2.59. The van der Waals surface area contributed by atoms with Crippen LogP contribution in [0.1, 0.15) is 25.3 Å². The largest absolute Gasteiger partial charge is 0.478 e. The molecule has 0 saturated heterocycles. The Labute approximate surface area is 141 Å². The molecular weight excluding hydrogens is 304 g/mol. The molecule has 0 bridgehead atoms. The minimum Gasteiger partial charge on any atom is -0.478 e. The van der Waals surface area contributed by atoms with Crippen LogP contribution in [0.25, 0.3) is 0 Å². The van der Waals surface area contributed by atoms with Crippen LogP contribution in [-0.2, 0) is 16.0 Å². The van der Waals surface area contributed by atoms with E-state index in [1.807, 2.05) is 36.4 Å². The first-order valence-corrected chi connectivity index (χ1v) is 8.11. The maximum Gasteiger partial charge on any atom is 0.266 e. The minimum atomic E-state index is -0.820. The number of aryl methyl sites for hydroxylation is 1. The van der Waals surface area contributed by atoms with Crippen LogP contribution >= 0.6 is 0 Å².